The number of hydrogen-bond donors (Lipinski definition) is 0. The number of hydrogen-bond acceptors (Lipinski definition) is 3. The highest BCUT2D eigenvalue weighted by Crippen LogP contribution is 2.45. The lowest BCUT2D eigenvalue weighted by atomic mass is 9.64. The lowest BCUT2D eigenvalue weighted by Gasteiger charge is -2.41. The molecule has 2 fully saturated rings. The van der Waals surface area contributed by atoms with Crippen LogP contribution in [-0.4, -0.2) is 24.8 Å². The van der Waals surface area contributed by atoms with Gasteiger partial charge in [-0.2, -0.15) is 0 Å². The summed E-state index contributed by atoms with van der Waals surface area (Å²) in [5, 5.41) is 0. The molecule has 1 aromatic rings. The van der Waals surface area contributed by atoms with Crippen molar-refractivity contribution in [2.45, 2.75) is 45.4 Å². The standard InChI is InChI=1S/C18H22O3/c1-12-3-4-13(2)14(9-12)17-15(19)10-18(11-16(17)20)5-7-21-8-6-18/h3-4,9,17H,5-8,10-11H2,1-2H3. The molecular formula is C18H22O3. The summed E-state index contributed by atoms with van der Waals surface area (Å²) in [5.74, 6) is -0.345. The predicted molar refractivity (Wildman–Crippen MR) is 80.4 cm³/mol. The SMILES string of the molecule is Cc1ccc(C)c(C2C(=O)CC3(CCOCC3)CC2=O)c1. The minimum Gasteiger partial charge on any atom is -0.381 e. The summed E-state index contributed by atoms with van der Waals surface area (Å²) in [6, 6.07) is 6.03. The van der Waals surface area contributed by atoms with E-state index in [0.29, 0.717) is 26.1 Å². The minimum atomic E-state index is -0.543. The van der Waals surface area contributed by atoms with Gasteiger partial charge in [-0.3, -0.25) is 9.59 Å². The fraction of sp³-hybridized carbons (Fsp3) is 0.556. The van der Waals surface area contributed by atoms with Gasteiger partial charge in [0.25, 0.3) is 0 Å². The molecule has 1 aromatic carbocycles. The Labute approximate surface area is 125 Å². The predicted octanol–water partition coefficient (Wildman–Crippen LogP) is 3.12. The van der Waals surface area contributed by atoms with Gasteiger partial charge in [0.15, 0.2) is 0 Å². The third-order valence-corrected chi connectivity index (χ3v) is 5.04. The van der Waals surface area contributed by atoms with Crippen LogP contribution in [0.2, 0.25) is 0 Å². The van der Waals surface area contributed by atoms with Crippen LogP contribution in [0.4, 0.5) is 0 Å². The Morgan fingerprint density at radius 3 is 2.29 bits per heavy atom. The van der Waals surface area contributed by atoms with E-state index in [1.807, 2.05) is 32.0 Å². The molecule has 1 aliphatic heterocycles. The van der Waals surface area contributed by atoms with Gasteiger partial charge in [-0.05, 0) is 43.2 Å². The number of carbonyl (C=O) groups is 2. The Hall–Kier alpha value is -1.48. The van der Waals surface area contributed by atoms with Crippen LogP contribution in [0.25, 0.3) is 0 Å². The molecule has 1 aliphatic carbocycles. The molecule has 3 nitrogen and oxygen atoms in total. The van der Waals surface area contributed by atoms with Crippen molar-refractivity contribution in [1.29, 1.82) is 0 Å². The topological polar surface area (TPSA) is 43.4 Å². The van der Waals surface area contributed by atoms with Gasteiger partial charge >= 0.3 is 0 Å². The Kier molecular flexibility index (Phi) is 3.70. The molecule has 3 heteroatoms. The van der Waals surface area contributed by atoms with Crippen LogP contribution in [0.15, 0.2) is 18.2 Å². The van der Waals surface area contributed by atoms with Crippen molar-refractivity contribution in [2.75, 3.05) is 13.2 Å². The Morgan fingerprint density at radius 1 is 1.05 bits per heavy atom. The second kappa shape index (κ2) is 5.38. The lowest BCUT2D eigenvalue weighted by molar-refractivity contribution is -0.139. The van der Waals surface area contributed by atoms with Crippen molar-refractivity contribution >= 4 is 11.6 Å². The van der Waals surface area contributed by atoms with Crippen molar-refractivity contribution in [2.24, 2.45) is 5.41 Å². The van der Waals surface area contributed by atoms with E-state index in [-0.39, 0.29) is 17.0 Å². The minimum absolute atomic E-state index is 0.0989. The monoisotopic (exact) mass is 286 g/mol. The first-order valence-corrected chi connectivity index (χ1v) is 7.71. The van der Waals surface area contributed by atoms with Crippen LogP contribution in [0.5, 0.6) is 0 Å². The van der Waals surface area contributed by atoms with Gasteiger partial charge in [-0.15, -0.1) is 0 Å². The summed E-state index contributed by atoms with van der Waals surface area (Å²) < 4.78 is 5.39. The van der Waals surface area contributed by atoms with Crippen LogP contribution in [0.3, 0.4) is 0 Å². The first kappa shape index (κ1) is 14.5. The van der Waals surface area contributed by atoms with Crippen LogP contribution in [0.1, 0.15) is 48.3 Å². The van der Waals surface area contributed by atoms with Crippen LogP contribution in [-0.2, 0) is 14.3 Å². The number of benzene rings is 1. The van der Waals surface area contributed by atoms with Gasteiger partial charge in [0.05, 0.1) is 0 Å². The van der Waals surface area contributed by atoms with Gasteiger partial charge in [-0.25, -0.2) is 0 Å². The van der Waals surface area contributed by atoms with Crippen molar-refractivity contribution in [3.63, 3.8) is 0 Å². The molecule has 0 unspecified atom stereocenters. The van der Waals surface area contributed by atoms with Crippen molar-refractivity contribution < 1.29 is 14.3 Å². The lowest BCUT2D eigenvalue weighted by Crippen LogP contribution is -2.42. The zero-order valence-corrected chi connectivity index (χ0v) is 12.8. The molecule has 1 spiro atoms. The average molecular weight is 286 g/mol. The summed E-state index contributed by atoms with van der Waals surface area (Å²) in [6.07, 6.45) is 2.73. The Balaban J connectivity index is 1.90. The average Bonchev–Trinajstić information content (AvgIpc) is 2.42. The third kappa shape index (κ3) is 2.67. The van der Waals surface area contributed by atoms with Gasteiger partial charge in [0.1, 0.15) is 17.5 Å². The molecule has 0 bridgehead atoms. The molecule has 3 rings (SSSR count). The van der Waals surface area contributed by atoms with E-state index in [1.165, 1.54) is 0 Å². The summed E-state index contributed by atoms with van der Waals surface area (Å²) in [4.78, 5) is 25.4. The van der Waals surface area contributed by atoms with Gasteiger partial charge < -0.3 is 4.74 Å². The second-order valence-corrected chi connectivity index (χ2v) is 6.69. The van der Waals surface area contributed by atoms with Crippen molar-refractivity contribution in [3.05, 3.63) is 34.9 Å². The number of aryl methyl sites for hydroxylation is 2. The molecule has 2 aliphatic rings. The number of ether oxygens (including phenoxy) is 1. The highest BCUT2D eigenvalue weighted by atomic mass is 16.5. The van der Waals surface area contributed by atoms with E-state index in [4.69, 9.17) is 4.74 Å². The second-order valence-electron chi connectivity index (χ2n) is 6.69. The van der Waals surface area contributed by atoms with Crippen LogP contribution in [0, 0.1) is 19.3 Å². The molecule has 112 valence electrons. The van der Waals surface area contributed by atoms with E-state index < -0.39 is 5.92 Å². The number of Topliss-reactive ketones (excluding diaryl/α,β-unsaturated/α-hetero) is 2. The quantitative estimate of drug-likeness (QED) is 0.745. The maximum absolute atomic E-state index is 12.7. The number of rotatable bonds is 1. The van der Waals surface area contributed by atoms with Crippen LogP contribution >= 0.6 is 0 Å². The Bertz CT molecular complexity index is 562. The van der Waals surface area contributed by atoms with E-state index in [1.54, 1.807) is 0 Å². The maximum Gasteiger partial charge on any atom is 0.148 e. The molecule has 0 atom stereocenters. The summed E-state index contributed by atoms with van der Waals surface area (Å²) in [6.45, 7) is 5.33. The molecule has 1 saturated heterocycles. The smallest absolute Gasteiger partial charge is 0.148 e. The normalized spacial score (nSPS) is 22.8. The third-order valence-electron chi connectivity index (χ3n) is 5.04. The summed E-state index contributed by atoms with van der Waals surface area (Å²) in [7, 11) is 0. The molecule has 0 aromatic heterocycles. The van der Waals surface area contributed by atoms with Crippen molar-refractivity contribution in [3.8, 4) is 0 Å². The van der Waals surface area contributed by atoms with E-state index in [2.05, 4.69) is 0 Å². The zero-order valence-electron chi connectivity index (χ0n) is 12.8. The molecule has 1 heterocycles. The molecule has 0 N–H and O–H groups in total. The van der Waals surface area contributed by atoms with Crippen molar-refractivity contribution in [1.82, 2.24) is 0 Å². The molecule has 0 amide bonds. The fourth-order valence-corrected chi connectivity index (χ4v) is 3.76. The van der Waals surface area contributed by atoms with E-state index >= 15 is 0 Å². The number of carbonyl (C=O) groups excluding carboxylic acids is 2. The van der Waals surface area contributed by atoms with Gasteiger partial charge in [-0.1, -0.05) is 23.8 Å². The first-order chi connectivity index (χ1) is 10.0. The molecular weight excluding hydrogens is 264 g/mol. The molecule has 21 heavy (non-hydrogen) atoms. The van der Waals surface area contributed by atoms with Gasteiger partial charge in [0.2, 0.25) is 0 Å². The Morgan fingerprint density at radius 2 is 1.67 bits per heavy atom. The molecule has 1 saturated carbocycles. The highest BCUT2D eigenvalue weighted by molar-refractivity contribution is 6.10. The van der Waals surface area contributed by atoms with Crippen LogP contribution < -0.4 is 0 Å². The fourth-order valence-electron chi connectivity index (χ4n) is 3.76. The van der Waals surface area contributed by atoms with Gasteiger partial charge in [0, 0.05) is 26.1 Å². The van der Waals surface area contributed by atoms with E-state index in [0.717, 1.165) is 29.5 Å². The highest BCUT2D eigenvalue weighted by Gasteiger charge is 2.46. The molecule has 0 radical (unpaired) electrons. The van der Waals surface area contributed by atoms with E-state index in [9.17, 15) is 9.59 Å². The zero-order chi connectivity index (χ0) is 15.0. The maximum atomic E-state index is 12.7. The summed E-state index contributed by atoms with van der Waals surface area (Å²) in [5.41, 5.74) is 2.92. The largest absolute Gasteiger partial charge is 0.381 e. The number of ketones is 2. The summed E-state index contributed by atoms with van der Waals surface area (Å²) >= 11 is 0. The first-order valence-electron chi connectivity index (χ1n) is 7.71.